The lowest BCUT2D eigenvalue weighted by Gasteiger charge is -2.20. The first-order valence-electron chi connectivity index (χ1n) is 7.68. The molecule has 1 aliphatic carbocycles. The zero-order valence-electron chi connectivity index (χ0n) is 12.3. The third kappa shape index (κ3) is 1.95. The van der Waals surface area contributed by atoms with Gasteiger partial charge in [-0.05, 0) is 16.7 Å². The van der Waals surface area contributed by atoms with Crippen LogP contribution in [0.1, 0.15) is 22.6 Å². The number of hydrogen-bond acceptors (Lipinski definition) is 3. The number of likely N-dealkylation sites (tertiary alicyclic amines) is 1. The first-order chi connectivity index (χ1) is 10.7. The molecule has 1 heterocycles. The van der Waals surface area contributed by atoms with E-state index in [4.69, 9.17) is 0 Å². The lowest BCUT2D eigenvalue weighted by atomic mass is 9.89. The third-order valence-corrected chi connectivity index (χ3v) is 5.13. The lowest BCUT2D eigenvalue weighted by molar-refractivity contribution is -0.566. The van der Waals surface area contributed by atoms with Crippen LogP contribution in [0.3, 0.4) is 0 Å². The minimum absolute atomic E-state index is 0.0161. The number of fused-ring (bicyclic) bond motifs is 3. The van der Waals surface area contributed by atoms with Crippen molar-refractivity contribution in [2.75, 3.05) is 13.1 Å². The molecule has 0 aromatic heterocycles. The second-order valence-corrected chi connectivity index (χ2v) is 6.44. The van der Waals surface area contributed by atoms with E-state index >= 15 is 0 Å². The molecule has 0 radical (unpaired) electrons. The van der Waals surface area contributed by atoms with Gasteiger partial charge in [0.05, 0.1) is 12.5 Å². The zero-order valence-corrected chi connectivity index (χ0v) is 12.3. The van der Waals surface area contributed by atoms with Crippen LogP contribution in [-0.2, 0) is 13.0 Å². The predicted molar refractivity (Wildman–Crippen MR) is 84.3 cm³/mol. The van der Waals surface area contributed by atoms with Gasteiger partial charge in [0, 0.05) is 24.4 Å². The van der Waals surface area contributed by atoms with Crippen LogP contribution >= 0.6 is 0 Å². The van der Waals surface area contributed by atoms with E-state index in [2.05, 4.69) is 23.1 Å². The maximum absolute atomic E-state index is 11.9. The topological polar surface area (TPSA) is 46.4 Å². The van der Waals surface area contributed by atoms with Gasteiger partial charge in [0.2, 0.25) is 5.54 Å². The van der Waals surface area contributed by atoms with E-state index in [1.54, 1.807) is 0 Å². The van der Waals surface area contributed by atoms with Gasteiger partial charge < -0.3 is 0 Å². The summed E-state index contributed by atoms with van der Waals surface area (Å²) in [7, 11) is 0. The Balaban J connectivity index is 1.64. The Kier molecular flexibility index (Phi) is 3.01. The highest BCUT2D eigenvalue weighted by Crippen LogP contribution is 2.48. The van der Waals surface area contributed by atoms with Gasteiger partial charge in [-0.15, -0.1) is 0 Å². The van der Waals surface area contributed by atoms with Crippen molar-refractivity contribution < 1.29 is 4.92 Å². The smallest absolute Gasteiger partial charge is 0.246 e. The molecule has 112 valence electrons. The molecule has 1 saturated heterocycles. The van der Waals surface area contributed by atoms with Crippen LogP contribution in [0.4, 0.5) is 0 Å². The van der Waals surface area contributed by atoms with Crippen molar-refractivity contribution in [1.82, 2.24) is 4.90 Å². The monoisotopic (exact) mass is 294 g/mol. The molecule has 1 aliphatic heterocycles. The van der Waals surface area contributed by atoms with Crippen molar-refractivity contribution in [3.63, 3.8) is 0 Å². The minimum atomic E-state index is -0.835. The molecular formula is C18H18N2O2. The highest BCUT2D eigenvalue weighted by molar-refractivity contribution is 5.42. The van der Waals surface area contributed by atoms with Crippen LogP contribution in [-0.4, -0.2) is 28.5 Å². The van der Waals surface area contributed by atoms with Crippen LogP contribution in [0.25, 0.3) is 0 Å². The molecule has 0 N–H and O–H groups in total. The van der Waals surface area contributed by atoms with Crippen LogP contribution < -0.4 is 0 Å². The van der Waals surface area contributed by atoms with Gasteiger partial charge in [-0.3, -0.25) is 15.0 Å². The van der Waals surface area contributed by atoms with Gasteiger partial charge >= 0.3 is 0 Å². The van der Waals surface area contributed by atoms with E-state index in [1.165, 1.54) is 11.1 Å². The average Bonchev–Trinajstić information content (AvgIpc) is 3.02. The molecule has 22 heavy (non-hydrogen) atoms. The summed E-state index contributed by atoms with van der Waals surface area (Å²) in [6.45, 7) is 2.09. The molecule has 0 amide bonds. The Hall–Kier alpha value is -2.20. The Bertz CT molecular complexity index is 716. The van der Waals surface area contributed by atoms with Crippen LogP contribution in [0.2, 0.25) is 0 Å². The summed E-state index contributed by atoms with van der Waals surface area (Å²) in [6.07, 6.45) is 0.562. The first-order valence-corrected chi connectivity index (χ1v) is 7.68. The first kappa shape index (κ1) is 13.5. The van der Waals surface area contributed by atoms with E-state index in [9.17, 15) is 10.1 Å². The standard InChI is InChI=1S/C18H18N2O2/c21-20(22)18-10-15-8-4-5-9-16(15)17(18)12-19(13-18)11-14-6-2-1-3-7-14/h1-9,17H,10-13H2/t17-,18-/m1/s1. The Morgan fingerprint density at radius 1 is 1.14 bits per heavy atom. The van der Waals surface area contributed by atoms with E-state index < -0.39 is 5.54 Å². The molecule has 0 bridgehead atoms. The largest absolute Gasteiger partial charge is 0.291 e. The predicted octanol–water partition coefficient (Wildman–Crippen LogP) is 2.86. The van der Waals surface area contributed by atoms with E-state index in [1.807, 2.05) is 36.4 Å². The Morgan fingerprint density at radius 2 is 1.86 bits per heavy atom. The molecule has 0 spiro atoms. The summed E-state index contributed by atoms with van der Waals surface area (Å²) in [5, 5.41) is 11.9. The fourth-order valence-electron chi connectivity index (χ4n) is 4.13. The third-order valence-electron chi connectivity index (χ3n) is 5.13. The maximum Gasteiger partial charge on any atom is 0.246 e. The summed E-state index contributed by atoms with van der Waals surface area (Å²) in [6, 6.07) is 18.3. The fraction of sp³-hybridized carbons (Fsp3) is 0.333. The SMILES string of the molecule is O=[N+]([O-])[C@@]12Cc3ccccc3[C@H]1CN(Cc1ccccc1)C2. The average molecular weight is 294 g/mol. The number of benzene rings is 2. The lowest BCUT2D eigenvalue weighted by Crippen LogP contribution is -2.43. The van der Waals surface area contributed by atoms with Crippen molar-refractivity contribution in [2.24, 2.45) is 0 Å². The summed E-state index contributed by atoms with van der Waals surface area (Å²) in [4.78, 5) is 14.1. The maximum atomic E-state index is 11.9. The van der Waals surface area contributed by atoms with Gasteiger partial charge in [-0.25, -0.2) is 0 Å². The van der Waals surface area contributed by atoms with Gasteiger partial charge in [0.25, 0.3) is 0 Å². The molecule has 2 atom stereocenters. The van der Waals surface area contributed by atoms with Gasteiger partial charge in [0.15, 0.2) is 0 Å². The van der Waals surface area contributed by atoms with Crippen molar-refractivity contribution in [2.45, 2.75) is 24.4 Å². The number of hydrogen-bond donors (Lipinski definition) is 0. The number of nitrogens with zero attached hydrogens (tertiary/aromatic N) is 2. The molecule has 4 nitrogen and oxygen atoms in total. The van der Waals surface area contributed by atoms with E-state index in [0.717, 1.165) is 18.7 Å². The normalized spacial score (nSPS) is 26.6. The molecule has 2 aliphatic rings. The molecule has 2 aromatic rings. The van der Waals surface area contributed by atoms with Crippen LogP contribution in [0.5, 0.6) is 0 Å². The van der Waals surface area contributed by atoms with Crippen LogP contribution in [0.15, 0.2) is 54.6 Å². The summed E-state index contributed by atoms with van der Waals surface area (Å²) in [5.74, 6) is 0.0161. The molecule has 0 saturated carbocycles. The zero-order chi connectivity index (χ0) is 15.2. The Morgan fingerprint density at radius 3 is 2.64 bits per heavy atom. The van der Waals surface area contributed by atoms with Crippen molar-refractivity contribution in [1.29, 1.82) is 0 Å². The molecule has 1 fully saturated rings. The van der Waals surface area contributed by atoms with Crippen molar-refractivity contribution in [3.05, 3.63) is 81.4 Å². The summed E-state index contributed by atoms with van der Waals surface area (Å²) in [5.41, 5.74) is 2.71. The number of nitro groups is 1. The number of rotatable bonds is 3. The van der Waals surface area contributed by atoms with E-state index in [-0.39, 0.29) is 10.8 Å². The fourth-order valence-corrected chi connectivity index (χ4v) is 4.13. The highest BCUT2D eigenvalue weighted by atomic mass is 16.6. The quantitative estimate of drug-likeness (QED) is 0.646. The minimum Gasteiger partial charge on any atom is -0.291 e. The summed E-state index contributed by atoms with van der Waals surface area (Å²) >= 11 is 0. The second-order valence-electron chi connectivity index (χ2n) is 6.44. The second kappa shape index (κ2) is 4.92. The van der Waals surface area contributed by atoms with Crippen LogP contribution in [0, 0.1) is 10.1 Å². The molecule has 0 unspecified atom stereocenters. The molecule has 2 aromatic carbocycles. The summed E-state index contributed by atoms with van der Waals surface area (Å²) < 4.78 is 0. The molecule has 4 rings (SSSR count). The molecule has 4 heteroatoms. The van der Waals surface area contributed by atoms with E-state index in [0.29, 0.717) is 13.0 Å². The highest BCUT2D eigenvalue weighted by Gasteiger charge is 2.61. The molecular weight excluding hydrogens is 276 g/mol. The van der Waals surface area contributed by atoms with Gasteiger partial charge in [-0.2, -0.15) is 0 Å². The van der Waals surface area contributed by atoms with Gasteiger partial charge in [0.1, 0.15) is 0 Å². The van der Waals surface area contributed by atoms with Crippen molar-refractivity contribution in [3.8, 4) is 0 Å². The van der Waals surface area contributed by atoms with Gasteiger partial charge in [-0.1, -0.05) is 54.6 Å². The Labute approximate surface area is 129 Å². The van der Waals surface area contributed by atoms with Crippen molar-refractivity contribution >= 4 is 0 Å².